The minimum absolute atomic E-state index is 0.0736. The molecule has 0 saturated carbocycles. The summed E-state index contributed by atoms with van der Waals surface area (Å²) < 4.78 is 1.11. The summed E-state index contributed by atoms with van der Waals surface area (Å²) in [7, 11) is 0. The second-order valence-electron chi connectivity index (χ2n) is 5.73. The minimum Gasteiger partial charge on any atom is -0.193 e. The van der Waals surface area contributed by atoms with E-state index in [-0.39, 0.29) is 11.3 Å². The van der Waals surface area contributed by atoms with Crippen LogP contribution in [0.5, 0.6) is 0 Å². The van der Waals surface area contributed by atoms with Gasteiger partial charge in [-0.05, 0) is 29.9 Å². The van der Waals surface area contributed by atoms with Gasteiger partial charge in [0.15, 0.2) is 0 Å². The molecule has 2 heteroatoms. The molecular weight excluding hydrogens is 298 g/mol. The third-order valence-corrected chi connectivity index (χ3v) is 4.26. The zero-order valence-corrected chi connectivity index (χ0v) is 12.9. The molecule has 0 amide bonds. The molecule has 0 aliphatic heterocycles. The van der Waals surface area contributed by atoms with Crippen LogP contribution in [0.25, 0.3) is 0 Å². The van der Waals surface area contributed by atoms with Crippen molar-refractivity contribution >= 4 is 15.9 Å². The molecule has 0 fully saturated rings. The maximum atomic E-state index is 9.40. The zero-order valence-electron chi connectivity index (χ0n) is 11.4. The van der Waals surface area contributed by atoms with E-state index < -0.39 is 0 Å². The third kappa shape index (κ3) is 3.58. The smallest absolute Gasteiger partial charge is 0.0950 e. The molecule has 1 nitrogen and oxygen atoms in total. The van der Waals surface area contributed by atoms with E-state index in [0.717, 1.165) is 22.9 Å². The molecule has 98 valence electrons. The molecule has 0 N–H and O–H groups in total. The molecule has 0 spiro atoms. The Morgan fingerprint density at radius 3 is 2.79 bits per heavy atom. The first kappa shape index (κ1) is 14.1. The van der Waals surface area contributed by atoms with Crippen molar-refractivity contribution in [3.63, 3.8) is 0 Å². The molecule has 0 saturated heterocycles. The molecule has 1 atom stereocenters. The molecule has 1 aromatic carbocycles. The van der Waals surface area contributed by atoms with Gasteiger partial charge < -0.3 is 0 Å². The van der Waals surface area contributed by atoms with Gasteiger partial charge in [0.1, 0.15) is 0 Å². The SMILES string of the molecule is CC1(C)C=C(C#N)C(Cc2ccccc2Br)C=CC1. The van der Waals surface area contributed by atoms with Crippen LogP contribution in [0.1, 0.15) is 25.8 Å². The fourth-order valence-corrected chi connectivity index (χ4v) is 2.87. The van der Waals surface area contributed by atoms with Crippen molar-refractivity contribution in [3.05, 3.63) is 58.1 Å². The number of hydrogen-bond donors (Lipinski definition) is 0. The number of allylic oxidation sites excluding steroid dienone is 4. The van der Waals surface area contributed by atoms with Gasteiger partial charge in [-0.15, -0.1) is 0 Å². The molecule has 1 aromatic rings. The molecular formula is C17H18BrN. The highest BCUT2D eigenvalue weighted by atomic mass is 79.9. The topological polar surface area (TPSA) is 23.8 Å². The normalized spacial score (nSPS) is 21.4. The maximum Gasteiger partial charge on any atom is 0.0950 e. The maximum absolute atomic E-state index is 9.40. The molecule has 1 aliphatic carbocycles. The van der Waals surface area contributed by atoms with Crippen LogP contribution < -0.4 is 0 Å². The summed E-state index contributed by atoms with van der Waals surface area (Å²) in [6, 6.07) is 10.6. The average molecular weight is 316 g/mol. The Morgan fingerprint density at radius 1 is 1.37 bits per heavy atom. The molecule has 19 heavy (non-hydrogen) atoms. The van der Waals surface area contributed by atoms with Gasteiger partial charge in [-0.3, -0.25) is 0 Å². The largest absolute Gasteiger partial charge is 0.193 e. The number of nitriles is 1. The Morgan fingerprint density at radius 2 is 2.11 bits per heavy atom. The summed E-state index contributed by atoms with van der Waals surface area (Å²) in [5, 5.41) is 9.40. The van der Waals surface area contributed by atoms with Gasteiger partial charge >= 0.3 is 0 Å². The number of hydrogen-bond acceptors (Lipinski definition) is 1. The molecule has 1 aliphatic rings. The van der Waals surface area contributed by atoms with E-state index in [4.69, 9.17) is 0 Å². The van der Waals surface area contributed by atoms with Gasteiger partial charge in [0.05, 0.1) is 6.07 Å². The van der Waals surface area contributed by atoms with Crippen LogP contribution in [0.4, 0.5) is 0 Å². The summed E-state index contributed by atoms with van der Waals surface area (Å²) in [6.45, 7) is 4.35. The zero-order chi connectivity index (χ0) is 13.9. The number of nitrogens with zero attached hydrogens (tertiary/aromatic N) is 1. The first-order valence-electron chi connectivity index (χ1n) is 6.55. The molecule has 0 aromatic heterocycles. The lowest BCUT2D eigenvalue weighted by molar-refractivity contribution is 0.488. The van der Waals surface area contributed by atoms with Crippen molar-refractivity contribution in [1.82, 2.24) is 0 Å². The Hall–Kier alpha value is -1.33. The van der Waals surface area contributed by atoms with Crippen molar-refractivity contribution in [2.75, 3.05) is 0 Å². The van der Waals surface area contributed by atoms with Crippen LogP contribution in [0.3, 0.4) is 0 Å². The van der Waals surface area contributed by atoms with E-state index in [1.807, 2.05) is 12.1 Å². The number of halogens is 1. The van der Waals surface area contributed by atoms with Crippen LogP contribution >= 0.6 is 15.9 Å². The summed E-state index contributed by atoms with van der Waals surface area (Å²) in [5.41, 5.74) is 2.21. The highest BCUT2D eigenvalue weighted by Gasteiger charge is 2.22. The van der Waals surface area contributed by atoms with E-state index in [2.05, 4.69) is 66.2 Å². The van der Waals surface area contributed by atoms with Gasteiger partial charge in [-0.25, -0.2) is 0 Å². The van der Waals surface area contributed by atoms with Crippen molar-refractivity contribution < 1.29 is 0 Å². The highest BCUT2D eigenvalue weighted by Crippen LogP contribution is 2.33. The van der Waals surface area contributed by atoms with Crippen molar-refractivity contribution in [1.29, 1.82) is 5.26 Å². The summed E-state index contributed by atoms with van der Waals surface area (Å²) >= 11 is 3.58. The number of benzene rings is 1. The van der Waals surface area contributed by atoms with Crippen molar-refractivity contribution in [3.8, 4) is 6.07 Å². The standard InChI is InChI=1S/C17H18BrN/c1-17(2)9-5-7-13(15(11-17)12-19)10-14-6-3-4-8-16(14)18/h3-8,11,13H,9-10H2,1-2H3. The lowest BCUT2D eigenvalue weighted by Crippen LogP contribution is -2.08. The fourth-order valence-electron chi connectivity index (χ4n) is 2.42. The van der Waals surface area contributed by atoms with Gasteiger partial charge in [-0.2, -0.15) is 5.26 Å². The van der Waals surface area contributed by atoms with E-state index in [9.17, 15) is 5.26 Å². The lowest BCUT2D eigenvalue weighted by Gasteiger charge is -2.18. The van der Waals surface area contributed by atoms with Crippen molar-refractivity contribution in [2.45, 2.75) is 26.7 Å². The Labute approximate surface area is 123 Å². The van der Waals surface area contributed by atoms with Gasteiger partial charge in [0.2, 0.25) is 0 Å². The summed E-state index contributed by atoms with van der Waals surface area (Å²) in [4.78, 5) is 0. The molecule has 0 bridgehead atoms. The number of rotatable bonds is 2. The second-order valence-corrected chi connectivity index (χ2v) is 6.59. The second kappa shape index (κ2) is 5.75. The molecule has 0 heterocycles. The average Bonchev–Trinajstić information content (AvgIpc) is 2.51. The minimum atomic E-state index is 0.0736. The van der Waals surface area contributed by atoms with Crippen LogP contribution in [0, 0.1) is 22.7 Å². The van der Waals surface area contributed by atoms with Gasteiger partial charge in [-0.1, -0.05) is 66.2 Å². The Kier molecular flexibility index (Phi) is 4.27. The van der Waals surface area contributed by atoms with E-state index >= 15 is 0 Å². The Balaban J connectivity index is 2.29. The van der Waals surface area contributed by atoms with Crippen LogP contribution in [0.2, 0.25) is 0 Å². The van der Waals surface area contributed by atoms with E-state index in [0.29, 0.717) is 0 Å². The summed E-state index contributed by atoms with van der Waals surface area (Å²) in [5.74, 6) is 0.186. The van der Waals surface area contributed by atoms with Crippen molar-refractivity contribution in [2.24, 2.45) is 11.3 Å². The molecule has 2 rings (SSSR count). The predicted molar refractivity (Wildman–Crippen MR) is 82.6 cm³/mol. The van der Waals surface area contributed by atoms with Crippen LogP contribution in [-0.2, 0) is 6.42 Å². The third-order valence-electron chi connectivity index (χ3n) is 3.48. The first-order valence-corrected chi connectivity index (χ1v) is 7.34. The van der Waals surface area contributed by atoms with Gasteiger partial charge in [0.25, 0.3) is 0 Å². The Bertz CT molecular complexity index is 561. The monoisotopic (exact) mass is 315 g/mol. The predicted octanol–water partition coefficient (Wildman–Crippen LogP) is 5.04. The van der Waals surface area contributed by atoms with E-state index in [1.54, 1.807) is 0 Å². The van der Waals surface area contributed by atoms with E-state index in [1.165, 1.54) is 5.56 Å². The van der Waals surface area contributed by atoms with Crippen LogP contribution in [0.15, 0.2) is 52.5 Å². The highest BCUT2D eigenvalue weighted by molar-refractivity contribution is 9.10. The van der Waals surface area contributed by atoms with Gasteiger partial charge in [0, 0.05) is 16.0 Å². The summed E-state index contributed by atoms with van der Waals surface area (Å²) in [6.07, 6.45) is 8.39. The lowest BCUT2D eigenvalue weighted by atomic mass is 9.86. The quantitative estimate of drug-likeness (QED) is 0.701. The fraction of sp³-hybridized carbons (Fsp3) is 0.353. The molecule has 0 radical (unpaired) electrons. The van der Waals surface area contributed by atoms with Crippen LogP contribution in [-0.4, -0.2) is 0 Å². The molecule has 1 unspecified atom stereocenters. The first-order chi connectivity index (χ1) is 9.02.